The van der Waals surface area contributed by atoms with Crippen molar-refractivity contribution in [3.05, 3.63) is 35.6 Å². The number of carbonyl (C=O) groups is 1. The number of nitrogens with one attached hydrogen (secondary N) is 1. The molecule has 0 aliphatic rings. The fraction of sp³-hybridized carbons (Fsp3) is 0.364. The highest BCUT2D eigenvalue weighted by Crippen LogP contribution is 2.03. The number of aliphatic hydroxyl groups is 1. The molecule has 1 unspecified atom stereocenters. The van der Waals surface area contributed by atoms with E-state index in [2.05, 4.69) is 5.32 Å². The zero-order valence-electron chi connectivity index (χ0n) is 8.53. The van der Waals surface area contributed by atoms with Crippen LogP contribution in [-0.2, 0) is 0 Å². The van der Waals surface area contributed by atoms with E-state index in [1.54, 1.807) is 13.0 Å². The van der Waals surface area contributed by atoms with Crippen LogP contribution in [0.2, 0.25) is 0 Å². The summed E-state index contributed by atoms with van der Waals surface area (Å²) in [6.07, 6.45) is 0.0407. The van der Waals surface area contributed by atoms with Crippen LogP contribution in [0, 0.1) is 5.82 Å². The Labute approximate surface area is 87.9 Å². The van der Waals surface area contributed by atoms with Crippen molar-refractivity contribution < 1.29 is 14.3 Å². The number of aliphatic hydroxyl groups excluding tert-OH is 1. The Morgan fingerprint density at radius 3 is 2.93 bits per heavy atom. The van der Waals surface area contributed by atoms with Gasteiger partial charge in [-0.25, -0.2) is 4.39 Å². The molecule has 0 aromatic heterocycles. The molecule has 3 nitrogen and oxygen atoms in total. The largest absolute Gasteiger partial charge is 0.393 e. The molecule has 0 saturated carbocycles. The van der Waals surface area contributed by atoms with Crippen LogP contribution < -0.4 is 5.32 Å². The van der Waals surface area contributed by atoms with E-state index in [0.29, 0.717) is 18.5 Å². The van der Waals surface area contributed by atoms with Crippen LogP contribution in [0.4, 0.5) is 4.39 Å². The van der Waals surface area contributed by atoms with E-state index >= 15 is 0 Å². The first-order valence-corrected chi connectivity index (χ1v) is 4.81. The van der Waals surface area contributed by atoms with Gasteiger partial charge in [-0.05, 0) is 31.5 Å². The molecule has 0 spiro atoms. The van der Waals surface area contributed by atoms with Gasteiger partial charge >= 0.3 is 0 Å². The number of benzene rings is 1. The smallest absolute Gasteiger partial charge is 0.251 e. The minimum atomic E-state index is -0.446. The summed E-state index contributed by atoms with van der Waals surface area (Å²) < 4.78 is 12.8. The van der Waals surface area contributed by atoms with Crippen molar-refractivity contribution in [2.24, 2.45) is 0 Å². The lowest BCUT2D eigenvalue weighted by Gasteiger charge is -2.06. The molecule has 0 fully saturated rings. The van der Waals surface area contributed by atoms with Crippen LogP contribution in [-0.4, -0.2) is 23.7 Å². The standard InChI is InChI=1S/C11H14FNO2/c1-8(14)5-6-13-11(15)9-3-2-4-10(12)7-9/h2-4,7-8,14H,5-6H2,1H3,(H,13,15). The van der Waals surface area contributed by atoms with Crippen molar-refractivity contribution in [3.63, 3.8) is 0 Å². The molecular formula is C11H14FNO2. The van der Waals surface area contributed by atoms with Gasteiger partial charge in [0, 0.05) is 12.1 Å². The van der Waals surface area contributed by atoms with Gasteiger partial charge in [0.15, 0.2) is 0 Å². The zero-order chi connectivity index (χ0) is 11.3. The van der Waals surface area contributed by atoms with Crippen molar-refractivity contribution in [2.75, 3.05) is 6.54 Å². The van der Waals surface area contributed by atoms with Crippen molar-refractivity contribution in [1.82, 2.24) is 5.32 Å². The van der Waals surface area contributed by atoms with Gasteiger partial charge in [0.25, 0.3) is 5.91 Å². The summed E-state index contributed by atoms with van der Waals surface area (Å²) in [6.45, 7) is 2.03. The molecule has 15 heavy (non-hydrogen) atoms. The highest BCUT2D eigenvalue weighted by molar-refractivity contribution is 5.94. The topological polar surface area (TPSA) is 49.3 Å². The quantitative estimate of drug-likeness (QED) is 0.789. The minimum absolute atomic E-state index is 0.292. The second kappa shape index (κ2) is 5.46. The van der Waals surface area contributed by atoms with Crippen LogP contribution in [0.15, 0.2) is 24.3 Å². The van der Waals surface area contributed by atoms with E-state index < -0.39 is 11.9 Å². The van der Waals surface area contributed by atoms with E-state index in [1.165, 1.54) is 18.2 Å². The van der Waals surface area contributed by atoms with E-state index in [9.17, 15) is 9.18 Å². The van der Waals surface area contributed by atoms with Crippen molar-refractivity contribution in [1.29, 1.82) is 0 Å². The lowest BCUT2D eigenvalue weighted by molar-refractivity contribution is 0.0945. The third-order valence-electron chi connectivity index (χ3n) is 1.93. The summed E-state index contributed by atoms with van der Waals surface area (Å²) in [5.74, 6) is -0.756. The van der Waals surface area contributed by atoms with Gasteiger partial charge in [-0.3, -0.25) is 4.79 Å². The van der Waals surface area contributed by atoms with E-state index in [4.69, 9.17) is 5.11 Å². The Kier molecular flexibility index (Phi) is 4.24. The summed E-state index contributed by atoms with van der Waals surface area (Å²) in [4.78, 5) is 11.4. The number of halogens is 1. The van der Waals surface area contributed by atoms with Gasteiger partial charge in [-0.2, -0.15) is 0 Å². The predicted octanol–water partition coefficient (Wildman–Crippen LogP) is 1.33. The average molecular weight is 211 g/mol. The highest BCUT2D eigenvalue weighted by atomic mass is 19.1. The second-order valence-electron chi connectivity index (χ2n) is 3.40. The van der Waals surface area contributed by atoms with Crippen LogP contribution in [0.5, 0.6) is 0 Å². The molecule has 0 radical (unpaired) electrons. The first-order valence-electron chi connectivity index (χ1n) is 4.81. The van der Waals surface area contributed by atoms with Gasteiger partial charge in [-0.15, -0.1) is 0 Å². The van der Waals surface area contributed by atoms with Crippen LogP contribution in [0.25, 0.3) is 0 Å². The summed E-state index contributed by atoms with van der Waals surface area (Å²) in [5, 5.41) is 11.6. The molecule has 1 aromatic carbocycles. The predicted molar refractivity (Wildman–Crippen MR) is 55.0 cm³/mol. The first-order chi connectivity index (χ1) is 7.09. The van der Waals surface area contributed by atoms with Gasteiger partial charge in [0.1, 0.15) is 5.82 Å². The molecule has 0 aliphatic carbocycles. The van der Waals surface area contributed by atoms with Crippen molar-refractivity contribution >= 4 is 5.91 Å². The van der Waals surface area contributed by atoms with Crippen LogP contribution in [0.3, 0.4) is 0 Å². The molecule has 1 atom stereocenters. The summed E-state index contributed by atoms with van der Waals surface area (Å²) in [5.41, 5.74) is 0.292. The number of hydrogen-bond acceptors (Lipinski definition) is 2. The molecule has 0 saturated heterocycles. The van der Waals surface area contributed by atoms with Crippen molar-refractivity contribution in [2.45, 2.75) is 19.4 Å². The van der Waals surface area contributed by atoms with Crippen molar-refractivity contribution in [3.8, 4) is 0 Å². The van der Waals surface area contributed by atoms with Gasteiger partial charge < -0.3 is 10.4 Å². The molecule has 0 heterocycles. The number of carbonyl (C=O) groups excluding carboxylic acids is 1. The second-order valence-corrected chi connectivity index (χ2v) is 3.40. The lowest BCUT2D eigenvalue weighted by Crippen LogP contribution is -2.26. The maximum atomic E-state index is 12.8. The number of amides is 1. The van der Waals surface area contributed by atoms with Gasteiger partial charge in [0.2, 0.25) is 0 Å². The molecule has 82 valence electrons. The summed E-state index contributed by atoms with van der Waals surface area (Å²) in [7, 11) is 0. The maximum absolute atomic E-state index is 12.8. The van der Waals surface area contributed by atoms with Gasteiger partial charge in [-0.1, -0.05) is 6.07 Å². The minimum Gasteiger partial charge on any atom is -0.393 e. The fourth-order valence-corrected chi connectivity index (χ4v) is 1.13. The highest BCUT2D eigenvalue weighted by Gasteiger charge is 2.05. The normalized spacial score (nSPS) is 12.2. The first kappa shape index (κ1) is 11.7. The molecule has 1 rings (SSSR count). The third kappa shape index (κ3) is 4.08. The molecule has 0 aliphatic heterocycles. The molecule has 1 amide bonds. The Balaban J connectivity index is 2.47. The van der Waals surface area contributed by atoms with E-state index in [1.807, 2.05) is 0 Å². The Morgan fingerprint density at radius 1 is 1.60 bits per heavy atom. The lowest BCUT2D eigenvalue weighted by atomic mass is 10.2. The molecule has 0 bridgehead atoms. The van der Waals surface area contributed by atoms with E-state index in [0.717, 1.165) is 0 Å². The molecule has 2 N–H and O–H groups in total. The summed E-state index contributed by atoms with van der Waals surface area (Å²) in [6, 6.07) is 5.49. The number of rotatable bonds is 4. The fourth-order valence-electron chi connectivity index (χ4n) is 1.13. The number of hydrogen-bond donors (Lipinski definition) is 2. The Hall–Kier alpha value is -1.42. The zero-order valence-corrected chi connectivity index (χ0v) is 8.53. The van der Waals surface area contributed by atoms with E-state index in [-0.39, 0.29) is 5.91 Å². The average Bonchev–Trinajstić information content (AvgIpc) is 2.17. The van der Waals surface area contributed by atoms with Crippen LogP contribution >= 0.6 is 0 Å². The summed E-state index contributed by atoms with van der Waals surface area (Å²) >= 11 is 0. The Morgan fingerprint density at radius 2 is 2.33 bits per heavy atom. The monoisotopic (exact) mass is 211 g/mol. The molecule has 4 heteroatoms. The van der Waals surface area contributed by atoms with Crippen LogP contribution in [0.1, 0.15) is 23.7 Å². The SMILES string of the molecule is CC(O)CCNC(=O)c1cccc(F)c1. The third-order valence-corrected chi connectivity index (χ3v) is 1.93. The molecule has 1 aromatic rings. The maximum Gasteiger partial charge on any atom is 0.251 e. The Bertz CT molecular complexity index is 339. The molecular weight excluding hydrogens is 197 g/mol. The van der Waals surface area contributed by atoms with Gasteiger partial charge in [0.05, 0.1) is 6.10 Å².